The SMILES string of the molecule is CC(OC(=O)COC1CC(C(C)(C)O)C2CC1OC2=O)C(F)(F)S(=O)(=O)O. The molecule has 5 unspecified atom stereocenters. The second-order valence-corrected chi connectivity index (χ2v) is 8.83. The lowest BCUT2D eigenvalue weighted by atomic mass is 9.71. The van der Waals surface area contributed by atoms with Crippen molar-refractivity contribution in [2.75, 3.05) is 6.61 Å². The van der Waals surface area contributed by atoms with Gasteiger partial charge in [0, 0.05) is 12.3 Å². The Balaban J connectivity index is 1.96. The summed E-state index contributed by atoms with van der Waals surface area (Å²) in [5, 5.41) is 5.57. The summed E-state index contributed by atoms with van der Waals surface area (Å²) in [4.78, 5) is 23.6. The normalized spacial score (nSPS) is 30.0. The van der Waals surface area contributed by atoms with Gasteiger partial charge in [0.1, 0.15) is 12.7 Å². The van der Waals surface area contributed by atoms with Crippen LogP contribution in [0.5, 0.6) is 0 Å². The van der Waals surface area contributed by atoms with Crippen LogP contribution in [0.3, 0.4) is 0 Å². The molecule has 2 rings (SSSR count). The van der Waals surface area contributed by atoms with Crippen molar-refractivity contribution in [3.63, 3.8) is 0 Å². The van der Waals surface area contributed by atoms with Crippen molar-refractivity contribution in [2.24, 2.45) is 11.8 Å². The van der Waals surface area contributed by atoms with Gasteiger partial charge in [-0.25, -0.2) is 4.79 Å². The molecule has 1 aliphatic carbocycles. The van der Waals surface area contributed by atoms with Gasteiger partial charge < -0.3 is 19.3 Å². The number of hydrogen-bond donors (Lipinski definition) is 2. The predicted octanol–water partition coefficient (Wildman–Crippen LogP) is 0.506. The van der Waals surface area contributed by atoms with Crippen molar-refractivity contribution in [3.8, 4) is 0 Å². The number of fused-ring (bicyclic) bond motifs is 2. The Hall–Kier alpha value is -1.37. The van der Waals surface area contributed by atoms with E-state index in [4.69, 9.17) is 14.0 Å². The van der Waals surface area contributed by atoms with E-state index in [0.717, 1.165) is 0 Å². The van der Waals surface area contributed by atoms with E-state index in [1.807, 2.05) is 0 Å². The first-order valence-corrected chi connectivity index (χ1v) is 9.67. The Labute approximate surface area is 154 Å². The molecule has 156 valence electrons. The van der Waals surface area contributed by atoms with Crippen LogP contribution in [-0.2, 0) is 33.9 Å². The van der Waals surface area contributed by atoms with E-state index in [2.05, 4.69) is 4.74 Å². The number of aliphatic hydroxyl groups is 1. The first kappa shape index (κ1) is 21.9. The Bertz CT molecular complexity index is 701. The van der Waals surface area contributed by atoms with E-state index < -0.39 is 69.7 Å². The van der Waals surface area contributed by atoms with Gasteiger partial charge in [0.05, 0.1) is 17.6 Å². The fraction of sp³-hybridized carbons (Fsp3) is 0.867. The lowest BCUT2D eigenvalue weighted by molar-refractivity contribution is -0.170. The lowest BCUT2D eigenvalue weighted by Crippen LogP contribution is -2.46. The lowest BCUT2D eigenvalue weighted by Gasteiger charge is -2.38. The summed E-state index contributed by atoms with van der Waals surface area (Å²) in [7, 11) is -5.76. The molecule has 0 aromatic carbocycles. The second-order valence-electron chi connectivity index (χ2n) is 7.33. The average molecular weight is 416 g/mol. The third kappa shape index (κ3) is 4.55. The predicted molar refractivity (Wildman–Crippen MR) is 84.2 cm³/mol. The molecule has 2 N–H and O–H groups in total. The molecule has 5 atom stereocenters. The van der Waals surface area contributed by atoms with E-state index in [9.17, 15) is 31.9 Å². The molecule has 0 aromatic rings. The van der Waals surface area contributed by atoms with Crippen molar-refractivity contribution in [1.82, 2.24) is 0 Å². The quantitative estimate of drug-likeness (QED) is 0.449. The highest BCUT2D eigenvalue weighted by Crippen LogP contribution is 2.44. The topological polar surface area (TPSA) is 136 Å². The Kier molecular flexibility index (Phi) is 5.87. The smallest absolute Gasteiger partial charge is 0.405 e. The first-order chi connectivity index (χ1) is 12.1. The molecular weight excluding hydrogens is 394 g/mol. The number of halogens is 2. The van der Waals surface area contributed by atoms with E-state index in [0.29, 0.717) is 13.3 Å². The summed E-state index contributed by atoms with van der Waals surface area (Å²) in [5.41, 5.74) is -1.20. The molecule has 12 heteroatoms. The van der Waals surface area contributed by atoms with Crippen molar-refractivity contribution < 1.29 is 50.7 Å². The van der Waals surface area contributed by atoms with Gasteiger partial charge in [-0.05, 0) is 27.2 Å². The largest absolute Gasteiger partial charge is 0.459 e. The van der Waals surface area contributed by atoms with Crippen LogP contribution in [-0.4, -0.2) is 65.8 Å². The van der Waals surface area contributed by atoms with Crippen LogP contribution in [0, 0.1) is 11.8 Å². The van der Waals surface area contributed by atoms with Gasteiger partial charge in [-0.15, -0.1) is 0 Å². The molecule has 0 aromatic heterocycles. The molecule has 1 heterocycles. The van der Waals surface area contributed by atoms with Crippen LogP contribution in [0.4, 0.5) is 8.78 Å². The van der Waals surface area contributed by atoms with E-state index in [1.165, 1.54) is 13.8 Å². The molecule has 1 saturated carbocycles. The summed E-state index contributed by atoms with van der Waals surface area (Å²) >= 11 is 0. The van der Waals surface area contributed by atoms with Crippen LogP contribution >= 0.6 is 0 Å². The number of esters is 2. The summed E-state index contributed by atoms with van der Waals surface area (Å²) in [6.45, 7) is 2.88. The molecule has 2 aliphatic rings. The first-order valence-electron chi connectivity index (χ1n) is 8.23. The van der Waals surface area contributed by atoms with Crippen molar-refractivity contribution in [3.05, 3.63) is 0 Å². The van der Waals surface area contributed by atoms with Gasteiger partial charge in [-0.2, -0.15) is 17.2 Å². The van der Waals surface area contributed by atoms with Crippen LogP contribution in [0.2, 0.25) is 0 Å². The number of alkyl halides is 2. The molecule has 1 aliphatic heterocycles. The minimum atomic E-state index is -5.76. The number of ether oxygens (including phenoxy) is 3. The minimum Gasteiger partial charge on any atom is -0.459 e. The Morgan fingerprint density at radius 3 is 2.48 bits per heavy atom. The summed E-state index contributed by atoms with van der Waals surface area (Å²) in [6, 6.07) is 0. The van der Waals surface area contributed by atoms with Crippen LogP contribution in [0.15, 0.2) is 0 Å². The zero-order valence-corrected chi connectivity index (χ0v) is 15.7. The standard InChI is InChI=1S/C15H22F2O9S/c1-7(15(16,17)27(21,22)23)25-12(18)6-24-10-5-9(14(2,3)20)8-4-11(10)26-13(8)19/h7-11,20H,4-6H2,1-3H3,(H,21,22,23). The fourth-order valence-corrected chi connectivity index (χ4v) is 3.86. The summed E-state index contributed by atoms with van der Waals surface area (Å²) in [6.07, 6.45) is -3.33. The van der Waals surface area contributed by atoms with Gasteiger partial charge in [0.15, 0.2) is 6.10 Å². The summed E-state index contributed by atoms with van der Waals surface area (Å²) in [5.74, 6) is -2.72. The van der Waals surface area contributed by atoms with E-state index >= 15 is 0 Å². The molecule has 0 radical (unpaired) electrons. The molecular formula is C15H22F2O9S. The number of carbonyl (C=O) groups excluding carboxylic acids is 2. The van der Waals surface area contributed by atoms with Crippen molar-refractivity contribution >= 4 is 22.1 Å². The fourth-order valence-electron chi connectivity index (χ4n) is 3.39. The van der Waals surface area contributed by atoms with Crippen LogP contribution < -0.4 is 0 Å². The Morgan fingerprint density at radius 2 is 1.96 bits per heavy atom. The number of rotatable bonds is 7. The van der Waals surface area contributed by atoms with E-state index in [-0.39, 0.29) is 6.42 Å². The number of hydrogen-bond acceptors (Lipinski definition) is 8. The molecule has 1 saturated heterocycles. The van der Waals surface area contributed by atoms with Gasteiger partial charge in [0.25, 0.3) is 0 Å². The maximum Gasteiger partial charge on any atom is 0.405 e. The van der Waals surface area contributed by atoms with Crippen LogP contribution in [0.25, 0.3) is 0 Å². The third-order valence-corrected chi connectivity index (χ3v) is 5.91. The van der Waals surface area contributed by atoms with Crippen molar-refractivity contribution in [2.45, 2.75) is 62.8 Å². The number of carbonyl (C=O) groups is 2. The Morgan fingerprint density at radius 1 is 1.37 bits per heavy atom. The van der Waals surface area contributed by atoms with Gasteiger partial charge in [-0.1, -0.05) is 0 Å². The van der Waals surface area contributed by atoms with Crippen molar-refractivity contribution in [1.29, 1.82) is 0 Å². The third-order valence-electron chi connectivity index (χ3n) is 4.89. The molecule has 2 fully saturated rings. The highest BCUT2D eigenvalue weighted by molar-refractivity contribution is 7.86. The maximum atomic E-state index is 13.4. The van der Waals surface area contributed by atoms with E-state index in [1.54, 1.807) is 0 Å². The van der Waals surface area contributed by atoms with Gasteiger partial charge in [0.2, 0.25) is 0 Å². The zero-order valence-electron chi connectivity index (χ0n) is 14.9. The monoisotopic (exact) mass is 416 g/mol. The molecule has 27 heavy (non-hydrogen) atoms. The minimum absolute atomic E-state index is 0.203. The zero-order chi connectivity index (χ0) is 20.8. The molecule has 0 amide bonds. The highest BCUT2D eigenvalue weighted by atomic mass is 32.2. The molecule has 0 spiro atoms. The molecule has 9 nitrogen and oxygen atoms in total. The van der Waals surface area contributed by atoms with Gasteiger partial charge in [-0.3, -0.25) is 9.35 Å². The van der Waals surface area contributed by atoms with Gasteiger partial charge >= 0.3 is 27.3 Å². The highest BCUT2D eigenvalue weighted by Gasteiger charge is 2.54. The average Bonchev–Trinajstić information content (AvgIpc) is 2.80. The maximum absolute atomic E-state index is 13.4. The van der Waals surface area contributed by atoms with Crippen LogP contribution in [0.1, 0.15) is 33.6 Å². The summed E-state index contributed by atoms with van der Waals surface area (Å²) < 4.78 is 71.4. The second kappa shape index (κ2) is 7.22. The molecule has 2 bridgehead atoms.